The Morgan fingerprint density at radius 3 is 2.73 bits per heavy atom. The first-order valence-electron chi connectivity index (χ1n) is 4.75. The summed E-state index contributed by atoms with van der Waals surface area (Å²) < 4.78 is 6.59. The fourth-order valence-corrected chi connectivity index (χ4v) is 1.24. The highest BCUT2D eigenvalue weighted by Gasteiger charge is 2.31. The summed E-state index contributed by atoms with van der Waals surface area (Å²) in [6.07, 6.45) is 1.53. The average molecular weight is 211 g/mol. The number of rotatable bonds is 4. The van der Waals surface area contributed by atoms with E-state index in [-0.39, 0.29) is 5.78 Å². The molecule has 0 unspecified atom stereocenters. The van der Waals surface area contributed by atoms with Crippen LogP contribution < -0.4 is 10.5 Å². The van der Waals surface area contributed by atoms with Crippen molar-refractivity contribution in [2.45, 2.75) is 13.8 Å². The molecular formula is C10H17N3O2. The maximum absolute atomic E-state index is 12.1. The van der Waals surface area contributed by atoms with Crippen molar-refractivity contribution in [2.75, 3.05) is 13.7 Å². The van der Waals surface area contributed by atoms with E-state index in [2.05, 4.69) is 5.10 Å². The molecule has 1 aromatic heterocycles. The van der Waals surface area contributed by atoms with Gasteiger partial charge in [0.25, 0.3) is 0 Å². The van der Waals surface area contributed by atoms with Crippen molar-refractivity contribution in [3.8, 4) is 5.75 Å². The van der Waals surface area contributed by atoms with E-state index in [1.807, 2.05) is 13.8 Å². The zero-order valence-electron chi connectivity index (χ0n) is 9.57. The van der Waals surface area contributed by atoms with Gasteiger partial charge in [-0.3, -0.25) is 9.48 Å². The number of methoxy groups -OCH3 is 1. The fraction of sp³-hybridized carbons (Fsp3) is 0.600. The second-order valence-electron chi connectivity index (χ2n) is 4.10. The second kappa shape index (κ2) is 4.02. The molecule has 0 aliphatic heterocycles. The highest BCUT2D eigenvalue weighted by atomic mass is 16.5. The first kappa shape index (κ1) is 11.7. The minimum Gasteiger partial charge on any atom is -0.493 e. The minimum absolute atomic E-state index is 0.0538. The molecule has 0 saturated heterocycles. The number of aryl methyl sites for hydroxylation is 1. The zero-order valence-corrected chi connectivity index (χ0v) is 9.57. The summed E-state index contributed by atoms with van der Waals surface area (Å²) in [6, 6.07) is 0. The number of ether oxygens (including phenoxy) is 1. The molecule has 0 aliphatic carbocycles. The maximum atomic E-state index is 12.1. The summed E-state index contributed by atoms with van der Waals surface area (Å²) in [6.45, 7) is 3.91. The van der Waals surface area contributed by atoms with Crippen LogP contribution in [0, 0.1) is 5.41 Å². The number of carbonyl (C=O) groups excluding carboxylic acids is 1. The Morgan fingerprint density at radius 2 is 2.27 bits per heavy atom. The Bertz CT molecular complexity index is 369. The normalized spacial score (nSPS) is 11.5. The van der Waals surface area contributed by atoms with Gasteiger partial charge in [-0.15, -0.1) is 0 Å². The molecule has 0 aromatic carbocycles. The van der Waals surface area contributed by atoms with Gasteiger partial charge in [0.15, 0.2) is 11.5 Å². The topological polar surface area (TPSA) is 70.1 Å². The summed E-state index contributed by atoms with van der Waals surface area (Å²) >= 11 is 0. The number of ketones is 1. The van der Waals surface area contributed by atoms with E-state index in [9.17, 15) is 4.79 Å². The number of aromatic nitrogens is 2. The lowest BCUT2D eigenvalue weighted by Gasteiger charge is -2.20. The van der Waals surface area contributed by atoms with E-state index in [0.29, 0.717) is 18.0 Å². The van der Waals surface area contributed by atoms with Crippen LogP contribution in [0.4, 0.5) is 0 Å². The van der Waals surface area contributed by atoms with Gasteiger partial charge >= 0.3 is 0 Å². The molecule has 15 heavy (non-hydrogen) atoms. The van der Waals surface area contributed by atoms with Crippen LogP contribution >= 0.6 is 0 Å². The SMILES string of the molecule is COc1cnn(C)c1C(=O)C(C)(C)CN. The van der Waals surface area contributed by atoms with Gasteiger partial charge in [0.1, 0.15) is 5.69 Å². The molecule has 2 N–H and O–H groups in total. The summed E-state index contributed by atoms with van der Waals surface area (Å²) in [4.78, 5) is 12.1. The van der Waals surface area contributed by atoms with Gasteiger partial charge in [0.05, 0.1) is 13.3 Å². The molecule has 1 aromatic rings. The Balaban J connectivity index is 3.16. The number of nitrogens with zero attached hydrogens (tertiary/aromatic N) is 2. The lowest BCUT2D eigenvalue weighted by Crippen LogP contribution is -2.34. The number of carbonyl (C=O) groups is 1. The van der Waals surface area contributed by atoms with E-state index in [1.54, 1.807) is 7.05 Å². The highest BCUT2D eigenvalue weighted by molar-refractivity contribution is 6.01. The molecule has 1 heterocycles. The Hall–Kier alpha value is -1.36. The van der Waals surface area contributed by atoms with Gasteiger partial charge in [-0.25, -0.2) is 0 Å². The van der Waals surface area contributed by atoms with Crippen LogP contribution in [0.15, 0.2) is 6.20 Å². The first-order chi connectivity index (χ1) is 6.94. The minimum atomic E-state index is -0.596. The first-order valence-corrected chi connectivity index (χ1v) is 4.75. The van der Waals surface area contributed by atoms with Crippen molar-refractivity contribution >= 4 is 5.78 Å². The van der Waals surface area contributed by atoms with Crippen molar-refractivity contribution < 1.29 is 9.53 Å². The smallest absolute Gasteiger partial charge is 0.191 e. The van der Waals surface area contributed by atoms with Crippen molar-refractivity contribution in [1.82, 2.24) is 9.78 Å². The van der Waals surface area contributed by atoms with E-state index >= 15 is 0 Å². The second-order valence-corrected chi connectivity index (χ2v) is 4.10. The van der Waals surface area contributed by atoms with Gasteiger partial charge in [-0.1, -0.05) is 13.8 Å². The number of hydrogen-bond donors (Lipinski definition) is 1. The van der Waals surface area contributed by atoms with Crippen LogP contribution in [0.1, 0.15) is 24.3 Å². The van der Waals surface area contributed by atoms with Crippen LogP contribution in [-0.2, 0) is 7.05 Å². The highest BCUT2D eigenvalue weighted by Crippen LogP contribution is 2.26. The van der Waals surface area contributed by atoms with E-state index in [0.717, 1.165) is 0 Å². The molecule has 0 radical (unpaired) electrons. The Labute approximate surface area is 89.2 Å². The van der Waals surface area contributed by atoms with E-state index < -0.39 is 5.41 Å². The van der Waals surface area contributed by atoms with E-state index in [4.69, 9.17) is 10.5 Å². The van der Waals surface area contributed by atoms with Crippen LogP contribution in [0.3, 0.4) is 0 Å². The van der Waals surface area contributed by atoms with Crippen molar-refractivity contribution in [2.24, 2.45) is 18.2 Å². The molecule has 0 spiro atoms. The molecule has 0 atom stereocenters. The third-order valence-corrected chi connectivity index (χ3v) is 2.47. The van der Waals surface area contributed by atoms with Gasteiger partial charge in [-0.05, 0) is 0 Å². The maximum Gasteiger partial charge on any atom is 0.191 e. The van der Waals surface area contributed by atoms with Gasteiger partial charge in [0.2, 0.25) is 0 Å². The predicted molar refractivity (Wildman–Crippen MR) is 56.9 cm³/mol. The predicted octanol–water partition coefficient (Wildman–Crippen LogP) is 0.596. The van der Waals surface area contributed by atoms with Gasteiger partial charge in [-0.2, -0.15) is 5.10 Å². The molecule has 5 nitrogen and oxygen atoms in total. The molecule has 84 valence electrons. The Morgan fingerprint density at radius 1 is 1.67 bits per heavy atom. The van der Waals surface area contributed by atoms with Crippen LogP contribution in [-0.4, -0.2) is 29.2 Å². The summed E-state index contributed by atoms with van der Waals surface area (Å²) in [5.41, 5.74) is 5.43. The monoisotopic (exact) mass is 211 g/mol. The molecule has 0 fully saturated rings. The molecule has 0 saturated carbocycles. The molecule has 0 aliphatic rings. The standard InChI is InChI=1S/C10H17N3O2/c1-10(2,6-11)9(14)8-7(15-4)5-12-13(8)3/h5H,6,11H2,1-4H3. The lowest BCUT2D eigenvalue weighted by molar-refractivity contribution is 0.0834. The van der Waals surface area contributed by atoms with Crippen molar-refractivity contribution in [3.63, 3.8) is 0 Å². The lowest BCUT2D eigenvalue weighted by atomic mass is 9.86. The fourth-order valence-electron chi connectivity index (χ4n) is 1.24. The molecule has 1 rings (SSSR count). The summed E-state index contributed by atoms with van der Waals surface area (Å²) in [5.74, 6) is 0.436. The van der Waals surface area contributed by atoms with Crippen LogP contribution in [0.5, 0.6) is 5.75 Å². The average Bonchev–Trinajstić information content (AvgIpc) is 2.58. The molecule has 0 bridgehead atoms. The largest absolute Gasteiger partial charge is 0.493 e. The van der Waals surface area contributed by atoms with E-state index in [1.165, 1.54) is 18.0 Å². The zero-order chi connectivity index (χ0) is 11.6. The number of hydrogen-bond acceptors (Lipinski definition) is 4. The third-order valence-electron chi connectivity index (χ3n) is 2.47. The summed E-state index contributed by atoms with van der Waals surface area (Å²) in [5, 5.41) is 3.99. The van der Waals surface area contributed by atoms with Crippen molar-refractivity contribution in [3.05, 3.63) is 11.9 Å². The molecule has 0 amide bonds. The number of Topliss-reactive ketones (excluding diaryl/α,β-unsaturated/α-hetero) is 1. The van der Waals surface area contributed by atoms with Crippen LogP contribution in [0.2, 0.25) is 0 Å². The van der Waals surface area contributed by atoms with Gasteiger partial charge in [0, 0.05) is 19.0 Å². The van der Waals surface area contributed by atoms with Crippen molar-refractivity contribution in [1.29, 1.82) is 0 Å². The molecule has 5 heteroatoms. The molecular weight excluding hydrogens is 194 g/mol. The van der Waals surface area contributed by atoms with Crippen LogP contribution in [0.25, 0.3) is 0 Å². The third kappa shape index (κ3) is 2.02. The summed E-state index contributed by atoms with van der Waals surface area (Å²) in [7, 11) is 3.23. The number of nitrogens with two attached hydrogens (primary N) is 1. The Kier molecular flexibility index (Phi) is 3.14. The quantitative estimate of drug-likeness (QED) is 0.740. The van der Waals surface area contributed by atoms with Gasteiger partial charge < -0.3 is 10.5 Å².